The van der Waals surface area contributed by atoms with E-state index in [-0.39, 0.29) is 30.7 Å². The molecule has 0 aromatic heterocycles. The first-order chi connectivity index (χ1) is 7.77. The summed E-state index contributed by atoms with van der Waals surface area (Å²) in [6.07, 6.45) is -0.850. The van der Waals surface area contributed by atoms with Crippen LogP contribution in [0.15, 0.2) is 0 Å². The van der Waals surface area contributed by atoms with Gasteiger partial charge in [0, 0.05) is 0 Å². The summed E-state index contributed by atoms with van der Waals surface area (Å²) < 4.78 is 29.2. The molecule has 3 fully saturated rings. The molecule has 0 saturated carbocycles. The van der Waals surface area contributed by atoms with Crippen molar-refractivity contribution in [3.63, 3.8) is 0 Å². The second-order valence-corrected chi connectivity index (χ2v) is 5.87. The Balaban J connectivity index is 1.86. The van der Waals surface area contributed by atoms with Crippen molar-refractivity contribution < 1.29 is 23.7 Å². The van der Waals surface area contributed by atoms with Gasteiger partial charge in [-0.05, 0) is 34.6 Å². The van der Waals surface area contributed by atoms with Gasteiger partial charge in [-0.3, -0.25) is 0 Å². The summed E-state index contributed by atoms with van der Waals surface area (Å²) >= 11 is 0. The van der Waals surface area contributed by atoms with Gasteiger partial charge in [0.05, 0.1) is 6.10 Å². The minimum atomic E-state index is -0.625. The lowest BCUT2D eigenvalue weighted by Crippen LogP contribution is -2.53. The predicted molar refractivity (Wildman–Crippen MR) is 58.2 cm³/mol. The van der Waals surface area contributed by atoms with E-state index in [1.165, 1.54) is 0 Å². The van der Waals surface area contributed by atoms with Crippen LogP contribution in [0.2, 0.25) is 0 Å². The summed E-state index contributed by atoms with van der Waals surface area (Å²) in [4.78, 5) is 0. The smallest absolute Gasteiger partial charge is 0.190 e. The Kier molecular flexibility index (Phi) is 2.39. The predicted octanol–water partition coefficient (Wildman–Crippen LogP) is 1.40. The first kappa shape index (κ1) is 11.9. The lowest BCUT2D eigenvalue weighted by molar-refractivity contribution is -0.229. The molecule has 3 aliphatic rings. The normalized spacial score (nSPS) is 51.0. The molecule has 0 amide bonds. The average molecular weight is 244 g/mol. The van der Waals surface area contributed by atoms with E-state index in [1.54, 1.807) is 0 Å². The molecular weight excluding hydrogens is 224 g/mol. The zero-order valence-electron chi connectivity index (χ0n) is 10.9. The molecule has 0 spiro atoms. The van der Waals surface area contributed by atoms with Crippen molar-refractivity contribution >= 4 is 0 Å². The van der Waals surface area contributed by atoms with Crippen molar-refractivity contribution in [2.45, 2.75) is 76.9 Å². The van der Waals surface area contributed by atoms with E-state index in [4.69, 9.17) is 23.7 Å². The molecule has 3 rings (SSSR count). The molecular formula is C12H20O5. The highest BCUT2D eigenvalue weighted by Gasteiger charge is 2.59. The van der Waals surface area contributed by atoms with Gasteiger partial charge in [-0.2, -0.15) is 0 Å². The minimum absolute atomic E-state index is 0.0551. The van der Waals surface area contributed by atoms with E-state index in [2.05, 4.69) is 0 Å². The Labute approximate surface area is 101 Å². The lowest BCUT2D eigenvalue weighted by Gasteiger charge is -2.35. The topological polar surface area (TPSA) is 46.2 Å². The monoisotopic (exact) mass is 244 g/mol. The van der Waals surface area contributed by atoms with Gasteiger partial charge in [-0.15, -0.1) is 0 Å². The van der Waals surface area contributed by atoms with Crippen LogP contribution in [0.1, 0.15) is 34.6 Å². The molecule has 0 bridgehead atoms. The van der Waals surface area contributed by atoms with Gasteiger partial charge in [0.15, 0.2) is 17.9 Å². The molecule has 98 valence electrons. The second-order valence-electron chi connectivity index (χ2n) is 5.87. The van der Waals surface area contributed by atoms with Gasteiger partial charge in [-0.25, -0.2) is 0 Å². The van der Waals surface area contributed by atoms with E-state index >= 15 is 0 Å². The van der Waals surface area contributed by atoms with E-state index in [0.717, 1.165) is 0 Å². The molecule has 3 heterocycles. The van der Waals surface area contributed by atoms with Gasteiger partial charge < -0.3 is 23.7 Å². The molecule has 3 aliphatic heterocycles. The highest BCUT2D eigenvalue weighted by molar-refractivity contribution is 4.98. The van der Waals surface area contributed by atoms with E-state index in [1.807, 2.05) is 34.6 Å². The minimum Gasteiger partial charge on any atom is -0.344 e. The molecule has 0 aromatic carbocycles. The SMILES string of the molecule is CC1O[C@@H]2OC(C)(C)OC2[C@@H]2OC(C)(C)O[C@@H]12. The van der Waals surface area contributed by atoms with Crippen molar-refractivity contribution in [1.29, 1.82) is 0 Å². The van der Waals surface area contributed by atoms with Crippen molar-refractivity contribution in [2.75, 3.05) is 0 Å². The lowest BCUT2D eigenvalue weighted by atomic mass is 10.0. The van der Waals surface area contributed by atoms with Crippen LogP contribution in [0.3, 0.4) is 0 Å². The third kappa shape index (κ3) is 1.90. The Bertz CT molecular complexity index is 327. The number of hydrogen-bond acceptors (Lipinski definition) is 5. The number of rotatable bonds is 0. The van der Waals surface area contributed by atoms with E-state index < -0.39 is 11.6 Å². The first-order valence-electron chi connectivity index (χ1n) is 6.14. The highest BCUT2D eigenvalue weighted by atomic mass is 16.9. The largest absolute Gasteiger partial charge is 0.344 e. The molecule has 2 unspecified atom stereocenters. The quantitative estimate of drug-likeness (QED) is 0.644. The summed E-state index contributed by atoms with van der Waals surface area (Å²) in [6, 6.07) is 0. The molecule has 0 aromatic rings. The van der Waals surface area contributed by atoms with Crippen LogP contribution in [0.4, 0.5) is 0 Å². The number of ether oxygens (including phenoxy) is 5. The molecule has 0 N–H and O–H groups in total. The van der Waals surface area contributed by atoms with Gasteiger partial charge in [0.2, 0.25) is 0 Å². The third-order valence-electron chi connectivity index (χ3n) is 3.39. The fraction of sp³-hybridized carbons (Fsp3) is 1.00. The summed E-state index contributed by atoms with van der Waals surface area (Å²) in [5.41, 5.74) is 0. The zero-order chi connectivity index (χ0) is 12.4. The highest BCUT2D eigenvalue weighted by Crippen LogP contribution is 2.43. The molecule has 0 aliphatic carbocycles. The van der Waals surface area contributed by atoms with E-state index in [0.29, 0.717) is 0 Å². The Hall–Kier alpha value is -0.200. The molecule has 5 atom stereocenters. The number of hydrogen-bond donors (Lipinski definition) is 0. The molecule has 0 radical (unpaired) electrons. The zero-order valence-corrected chi connectivity index (χ0v) is 10.9. The van der Waals surface area contributed by atoms with Crippen LogP contribution >= 0.6 is 0 Å². The summed E-state index contributed by atoms with van der Waals surface area (Å²) in [7, 11) is 0. The fourth-order valence-corrected chi connectivity index (χ4v) is 2.81. The maximum Gasteiger partial charge on any atom is 0.190 e. The van der Waals surface area contributed by atoms with Crippen molar-refractivity contribution in [2.24, 2.45) is 0 Å². The van der Waals surface area contributed by atoms with Crippen LogP contribution in [0, 0.1) is 0 Å². The van der Waals surface area contributed by atoms with Crippen molar-refractivity contribution in [3.8, 4) is 0 Å². The van der Waals surface area contributed by atoms with Gasteiger partial charge >= 0.3 is 0 Å². The fourth-order valence-electron chi connectivity index (χ4n) is 2.81. The van der Waals surface area contributed by atoms with Crippen LogP contribution in [0.25, 0.3) is 0 Å². The summed E-state index contributed by atoms with van der Waals surface area (Å²) in [5.74, 6) is -1.21. The standard InChI is InChI=1S/C12H20O5/c1-6-7-8(15-11(2,3)14-7)9-10(13-6)17-12(4,5)16-9/h6-10H,1-5H3/t6?,7-,8+,9?,10+/m0/s1. The maximum absolute atomic E-state index is 5.92. The van der Waals surface area contributed by atoms with Gasteiger partial charge in [0.25, 0.3) is 0 Å². The Morgan fingerprint density at radius 2 is 1.24 bits per heavy atom. The van der Waals surface area contributed by atoms with Crippen LogP contribution < -0.4 is 0 Å². The van der Waals surface area contributed by atoms with Gasteiger partial charge in [0.1, 0.15) is 18.3 Å². The average Bonchev–Trinajstić information content (AvgIpc) is 2.62. The molecule has 5 nitrogen and oxygen atoms in total. The maximum atomic E-state index is 5.92. The molecule has 5 heteroatoms. The van der Waals surface area contributed by atoms with Crippen LogP contribution in [-0.4, -0.2) is 42.3 Å². The van der Waals surface area contributed by atoms with Crippen LogP contribution in [0.5, 0.6) is 0 Å². The molecule has 3 saturated heterocycles. The summed E-state index contributed by atoms with van der Waals surface area (Å²) in [5, 5.41) is 0. The third-order valence-corrected chi connectivity index (χ3v) is 3.39. The van der Waals surface area contributed by atoms with Crippen LogP contribution in [-0.2, 0) is 23.7 Å². The Morgan fingerprint density at radius 1 is 0.706 bits per heavy atom. The van der Waals surface area contributed by atoms with E-state index in [9.17, 15) is 0 Å². The summed E-state index contributed by atoms with van der Waals surface area (Å²) in [6.45, 7) is 9.57. The van der Waals surface area contributed by atoms with Crippen molar-refractivity contribution in [3.05, 3.63) is 0 Å². The molecule has 17 heavy (non-hydrogen) atoms. The van der Waals surface area contributed by atoms with Gasteiger partial charge in [-0.1, -0.05) is 0 Å². The van der Waals surface area contributed by atoms with Crippen molar-refractivity contribution in [1.82, 2.24) is 0 Å². The Morgan fingerprint density at radius 3 is 1.94 bits per heavy atom. The second kappa shape index (κ2) is 3.42. The number of fused-ring (bicyclic) bond motifs is 3. The first-order valence-corrected chi connectivity index (χ1v) is 6.14.